The van der Waals surface area contributed by atoms with Crippen molar-refractivity contribution in [3.8, 4) is 0 Å². The van der Waals surface area contributed by atoms with Crippen LogP contribution in [0.5, 0.6) is 0 Å². The van der Waals surface area contributed by atoms with Gasteiger partial charge in [-0.1, -0.05) is 18.2 Å². The van der Waals surface area contributed by atoms with Crippen LogP contribution in [-0.4, -0.2) is 9.78 Å². The van der Waals surface area contributed by atoms with Crippen LogP contribution in [0.25, 0.3) is 0 Å². The zero-order chi connectivity index (χ0) is 14.8. The van der Waals surface area contributed by atoms with E-state index in [4.69, 9.17) is 5.73 Å². The molecule has 0 spiro atoms. The normalized spacial score (nSPS) is 15.5. The Hall–Kier alpha value is -1.94. The van der Waals surface area contributed by atoms with Gasteiger partial charge in [-0.25, -0.2) is 4.68 Å². The Labute approximate surface area is 124 Å². The summed E-state index contributed by atoms with van der Waals surface area (Å²) in [6.07, 6.45) is 4.84. The molecule has 0 saturated carbocycles. The van der Waals surface area contributed by atoms with Crippen molar-refractivity contribution in [2.75, 3.05) is 0 Å². The fourth-order valence-electron chi connectivity index (χ4n) is 2.97. The van der Waals surface area contributed by atoms with Crippen LogP contribution >= 0.6 is 0 Å². The van der Waals surface area contributed by atoms with Gasteiger partial charge in [-0.05, 0) is 55.4 Å². The Kier molecular flexibility index (Phi) is 3.88. The van der Waals surface area contributed by atoms with Crippen LogP contribution in [-0.2, 0) is 19.4 Å². The molecule has 1 aromatic heterocycles. The van der Waals surface area contributed by atoms with Crippen LogP contribution in [0.4, 0.5) is 0 Å². The van der Waals surface area contributed by atoms with E-state index in [0.717, 1.165) is 17.7 Å². The minimum atomic E-state index is -0.282. The lowest BCUT2D eigenvalue weighted by atomic mass is 9.89. The van der Waals surface area contributed by atoms with Gasteiger partial charge in [-0.2, -0.15) is 5.10 Å². The van der Waals surface area contributed by atoms with Crippen LogP contribution in [0.2, 0.25) is 0 Å². The van der Waals surface area contributed by atoms with Gasteiger partial charge < -0.3 is 5.73 Å². The molecule has 1 aromatic carbocycles. The van der Waals surface area contributed by atoms with Crippen molar-refractivity contribution in [1.29, 1.82) is 0 Å². The average Bonchev–Trinajstić information content (AvgIpc) is 2.54. The summed E-state index contributed by atoms with van der Waals surface area (Å²) in [7, 11) is 0. The Morgan fingerprint density at radius 1 is 1.19 bits per heavy atom. The van der Waals surface area contributed by atoms with Crippen molar-refractivity contribution >= 4 is 0 Å². The van der Waals surface area contributed by atoms with Gasteiger partial charge in [0, 0.05) is 12.6 Å². The van der Waals surface area contributed by atoms with Gasteiger partial charge in [0.2, 0.25) is 0 Å². The summed E-state index contributed by atoms with van der Waals surface area (Å²) < 4.78 is 1.45. The van der Waals surface area contributed by atoms with E-state index in [2.05, 4.69) is 23.3 Å². The number of hydrogen-bond acceptors (Lipinski definition) is 3. The van der Waals surface area contributed by atoms with E-state index in [9.17, 15) is 4.79 Å². The minimum Gasteiger partial charge on any atom is -0.319 e. The third kappa shape index (κ3) is 2.76. The molecule has 4 heteroatoms. The molecule has 4 nitrogen and oxygen atoms in total. The number of rotatable bonds is 3. The molecule has 0 fully saturated rings. The largest absolute Gasteiger partial charge is 0.319 e. The van der Waals surface area contributed by atoms with Crippen molar-refractivity contribution in [2.24, 2.45) is 5.73 Å². The summed E-state index contributed by atoms with van der Waals surface area (Å²) in [6.45, 7) is 2.46. The molecular formula is C17H21N3O. The van der Waals surface area contributed by atoms with E-state index in [1.165, 1.54) is 35.1 Å². The summed E-state index contributed by atoms with van der Waals surface area (Å²) in [6, 6.07) is 9.50. The monoisotopic (exact) mass is 283 g/mol. The molecule has 0 saturated heterocycles. The molecule has 1 aliphatic carbocycles. The lowest BCUT2D eigenvalue weighted by Crippen LogP contribution is -2.25. The van der Waals surface area contributed by atoms with E-state index < -0.39 is 0 Å². The second-order valence-electron chi connectivity index (χ2n) is 5.63. The number of nitrogens with zero attached hydrogens (tertiary/aromatic N) is 2. The van der Waals surface area contributed by atoms with Crippen LogP contribution in [0.1, 0.15) is 48.2 Å². The Balaban J connectivity index is 1.94. The van der Waals surface area contributed by atoms with Gasteiger partial charge in [0.05, 0.1) is 11.7 Å². The van der Waals surface area contributed by atoms with Crippen LogP contribution in [0.15, 0.2) is 35.1 Å². The van der Waals surface area contributed by atoms with E-state index in [1.807, 2.05) is 6.92 Å². The molecule has 0 amide bonds. The first kappa shape index (κ1) is 14.0. The predicted octanol–water partition coefficient (Wildman–Crippen LogP) is 2.19. The lowest BCUT2D eigenvalue weighted by molar-refractivity contribution is 0.586. The molecule has 1 atom stereocenters. The minimum absolute atomic E-state index is 0.0844. The molecule has 110 valence electrons. The number of aromatic nitrogens is 2. The lowest BCUT2D eigenvalue weighted by Gasteiger charge is -2.19. The van der Waals surface area contributed by atoms with E-state index in [0.29, 0.717) is 6.54 Å². The van der Waals surface area contributed by atoms with Gasteiger partial charge in [0.1, 0.15) is 0 Å². The van der Waals surface area contributed by atoms with Gasteiger partial charge in [0.25, 0.3) is 5.56 Å². The van der Waals surface area contributed by atoms with Crippen molar-refractivity contribution in [3.63, 3.8) is 0 Å². The van der Waals surface area contributed by atoms with Crippen molar-refractivity contribution in [1.82, 2.24) is 9.78 Å². The van der Waals surface area contributed by atoms with Gasteiger partial charge >= 0.3 is 0 Å². The molecule has 21 heavy (non-hydrogen) atoms. The Morgan fingerprint density at radius 3 is 2.71 bits per heavy atom. The number of benzene rings is 1. The van der Waals surface area contributed by atoms with E-state index in [-0.39, 0.29) is 11.6 Å². The Morgan fingerprint density at radius 2 is 1.95 bits per heavy atom. The highest BCUT2D eigenvalue weighted by molar-refractivity contribution is 5.37. The highest BCUT2D eigenvalue weighted by atomic mass is 16.1. The molecule has 1 heterocycles. The molecule has 1 aliphatic rings. The number of fused-ring (bicyclic) bond motifs is 1. The van der Waals surface area contributed by atoms with Crippen LogP contribution in [0.3, 0.4) is 0 Å². The SMILES string of the molecule is CCn1nc(C(N)c2ccc3c(c2)CCCC3)ccc1=O. The maximum absolute atomic E-state index is 11.6. The fraction of sp³-hybridized carbons (Fsp3) is 0.412. The molecule has 2 N–H and O–H groups in total. The predicted molar refractivity (Wildman–Crippen MR) is 83.3 cm³/mol. The summed E-state index contributed by atoms with van der Waals surface area (Å²) in [4.78, 5) is 11.6. The van der Waals surface area contributed by atoms with E-state index >= 15 is 0 Å². The van der Waals surface area contributed by atoms with Crippen LogP contribution < -0.4 is 11.3 Å². The zero-order valence-corrected chi connectivity index (χ0v) is 12.4. The van der Waals surface area contributed by atoms with Gasteiger partial charge in [-0.15, -0.1) is 0 Å². The molecule has 1 unspecified atom stereocenters. The summed E-state index contributed by atoms with van der Waals surface area (Å²) in [5.41, 5.74) is 10.9. The first-order valence-corrected chi connectivity index (χ1v) is 7.64. The van der Waals surface area contributed by atoms with Crippen LogP contribution in [0, 0.1) is 0 Å². The molecule has 2 aromatic rings. The quantitative estimate of drug-likeness (QED) is 0.939. The molecule has 0 bridgehead atoms. The molecule has 0 radical (unpaired) electrons. The smallest absolute Gasteiger partial charge is 0.266 e. The zero-order valence-electron chi connectivity index (χ0n) is 12.4. The van der Waals surface area contributed by atoms with E-state index in [1.54, 1.807) is 12.1 Å². The molecule has 0 aliphatic heterocycles. The summed E-state index contributed by atoms with van der Waals surface area (Å²) in [5, 5.41) is 4.36. The second-order valence-corrected chi connectivity index (χ2v) is 5.63. The third-order valence-corrected chi connectivity index (χ3v) is 4.24. The summed E-state index contributed by atoms with van der Waals surface area (Å²) in [5.74, 6) is 0. The maximum atomic E-state index is 11.6. The van der Waals surface area contributed by atoms with Crippen molar-refractivity contribution in [2.45, 2.75) is 45.2 Å². The highest BCUT2D eigenvalue weighted by Crippen LogP contribution is 2.25. The number of aryl methyl sites for hydroxylation is 3. The number of hydrogen-bond donors (Lipinski definition) is 1. The first-order valence-electron chi connectivity index (χ1n) is 7.64. The average molecular weight is 283 g/mol. The summed E-state index contributed by atoms with van der Waals surface area (Å²) >= 11 is 0. The second kappa shape index (κ2) is 5.82. The topological polar surface area (TPSA) is 60.9 Å². The van der Waals surface area contributed by atoms with Crippen molar-refractivity contribution < 1.29 is 0 Å². The number of nitrogens with two attached hydrogens (primary N) is 1. The van der Waals surface area contributed by atoms with Gasteiger partial charge in [0.15, 0.2) is 0 Å². The standard InChI is InChI=1S/C17H21N3O/c1-2-20-16(21)10-9-15(19-20)17(18)14-8-7-12-5-3-4-6-13(12)11-14/h7-11,17H,2-6,18H2,1H3. The first-order chi connectivity index (χ1) is 10.2. The molecule has 3 rings (SSSR count). The third-order valence-electron chi connectivity index (χ3n) is 4.24. The maximum Gasteiger partial charge on any atom is 0.266 e. The highest BCUT2D eigenvalue weighted by Gasteiger charge is 2.15. The molecular weight excluding hydrogens is 262 g/mol. The Bertz CT molecular complexity index is 705. The fourth-order valence-corrected chi connectivity index (χ4v) is 2.97. The van der Waals surface area contributed by atoms with Gasteiger partial charge in [-0.3, -0.25) is 4.79 Å². The van der Waals surface area contributed by atoms with Crippen molar-refractivity contribution in [3.05, 3.63) is 63.1 Å².